The van der Waals surface area contributed by atoms with E-state index in [9.17, 15) is 4.79 Å². The molecule has 7 heteroatoms. The van der Waals surface area contributed by atoms with Gasteiger partial charge < -0.3 is 10.1 Å². The number of nitrogens with one attached hydrogen (secondary N) is 1. The molecule has 0 spiro atoms. The molecule has 0 saturated carbocycles. The van der Waals surface area contributed by atoms with Gasteiger partial charge in [0.05, 0.1) is 7.11 Å². The number of rotatable bonds is 9. The van der Waals surface area contributed by atoms with E-state index >= 15 is 0 Å². The van der Waals surface area contributed by atoms with E-state index in [0.717, 1.165) is 24.2 Å². The summed E-state index contributed by atoms with van der Waals surface area (Å²) in [7, 11) is 1.61. The summed E-state index contributed by atoms with van der Waals surface area (Å²) in [6.45, 7) is 4.25. The van der Waals surface area contributed by atoms with E-state index in [1.54, 1.807) is 7.11 Å². The Balaban J connectivity index is 1.90. The molecular formula is C17H25N5O2. The summed E-state index contributed by atoms with van der Waals surface area (Å²) in [6.07, 6.45) is 4.48. The molecule has 2 rings (SSSR count). The van der Waals surface area contributed by atoms with Crippen LogP contribution >= 0.6 is 0 Å². The van der Waals surface area contributed by atoms with Crippen LogP contribution in [0.2, 0.25) is 0 Å². The molecule has 1 aromatic carbocycles. The molecule has 0 fully saturated rings. The quantitative estimate of drug-likeness (QED) is 0.714. The first-order valence-electron chi connectivity index (χ1n) is 8.34. The van der Waals surface area contributed by atoms with Crippen LogP contribution in [0.25, 0.3) is 11.4 Å². The van der Waals surface area contributed by atoms with Gasteiger partial charge in [0.25, 0.3) is 0 Å². The standard InChI is InChI=1S/C17H25N5O2/c1-4-5-6-8-13(2)18-16(23)12-22-20-17(19-21-22)14-9-7-10-15(11-14)24-3/h7,9-11,13H,4-6,8,12H2,1-3H3,(H,18,23)/t13-/m0/s1. The minimum atomic E-state index is -0.103. The lowest BCUT2D eigenvalue weighted by Gasteiger charge is -2.12. The lowest BCUT2D eigenvalue weighted by atomic mass is 10.1. The second kappa shape index (κ2) is 9.00. The van der Waals surface area contributed by atoms with Crippen LogP contribution in [-0.4, -0.2) is 39.3 Å². The SMILES string of the molecule is CCCCC[C@H](C)NC(=O)Cn1nnc(-c2cccc(OC)c2)n1. The van der Waals surface area contributed by atoms with Crippen molar-refractivity contribution in [1.29, 1.82) is 0 Å². The van der Waals surface area contributed by atoms with Gasteiger partial charge in [-0.25, -0.2) is 0 Å². The molecule has 130 valence electrons. The minimum Gasteiger partial charge on any atom is -0.497 e. The maximum Gasteiger partial charge on any atom is 0.243 e. The maximum atomic E-state index is 12.0. The molecule has 0 bridgehead atoms. The fourth-order valence-corrected chi connectivity index (χ4v) is 2.41. The molecular weight excluding hydrogens is 306 g/mol. The summed E-state index contributed by atoms with van der Waals surface area (Å²) in [4.78, 5) is 13.4. The van der Waals surface area contributed by atoms with Gasteiger partial charge in [-0.3, -0.25) is 4.79 Å². The lowest BCUT2D eigenvalue weighted by molar-refractivity contribution is -0.122. The van der Waals surface area contributed by atoms with Crippen LogP contribution in [0.4, 0.5) is 0 Å². The third kappa shape index (κ3) is 5.33. The van der Waals surface area contributed by atoms with Crippen LogP contribution in [0.3, 0.4) is 0 Å². The highest BCUT2D eigenvalue weighted by molar-refractivity contribution is 5.75. The lowest BCUT2D eigenvalue weighted by Crippen LogP contribution is -2.35. The fourth-order valence-electron chi connectivity index (χ4n) is 2.41. The fraction of sp³-hybridized carbons (Fsp3) is 0.529. The summed E-state index contributed by atoms with van der Waals surface area (Å²) in [5.74, 6) is 1.09. The Hall–Kier alpha value is -2.44. The van der Waals surface area contributed by atoms with Crippen molar-refractivity contribution in [1.82, 2.24) is 25.5 Å². The van der Waals surface area contributed by atoms with Gasteiger partial charge in [-0.1, -0.05) is 38.3 Å². The highest BCUT2D eigenvalue weighted by Crippen LogP contribution is 2.19. The third-order valence-electron chi connectivity index (χ3n) is 3.71. The Morgan fingerprint density at radius 2 is 2.21 bits per heavy atom. The van der Waals surface area contributed by atoms with E-state index in [0.29, 0.717) is 5.82 Å². The Morgan fingerprint density at radius 1 is 1.38 bits per heavy atom. The second-order valence-corrected chi connectivity index (χ2v) is 5.84. The number of unbranched alkanes of at least 4 members (excludes halogenated alkanes) is 2. The second-order valence-electron chi connectivity index (χ2n) is 5.84. The van der Waals surface area contributed by atoms with Gasteiger partial charge in [-0.2, -0.15) is 4.80 Å². The van der Waals surface area contributed by atoms with Crippen LogP contribution in [-0.2, 0) is 11.3 Å². The summed E-state index contributed by atoms with van der Waals surface area (Å²) in [5.41, 5.74) is 0.800. The van der Waals surface area contributed by atoms with Crippen molar-refractivity contribution in [2.24, 2.45) is 0 Å². The van der Waals surface area contributed by atoms with E-state index in [4.69, 9.17) is 4.74 Å². The molecule has 0 aliphatic heterocycles. The number of aromatic nitrogens is 4. The number of carbonyl (C=O) groups is 1. The number of methoxy groups -OCH3 is 1. The molecule has 0 aliphatic carbocycles. The maximum absolute atomic E-state index is 12.0. The van der Waals surface area contributed by atoms with Gasteiger partial charge >= 0.3 is 0 Å². The number of tetrazole rings is 1. The van der Waals surface area contributed by atoms with Crippen LogP contribution in [0.15, 0.2) is 24.3 Å². The molecule has 7 nitrogen and oxygen atoms in total. The van der Waals surface area contributed by atoms with Crippen molar-refractivity contribution < 1.29 is 9.53 Å². The largest absolute Gasteiger partial charge is 0.497 e. The number of hydrogen-bond acceptors (Lipinski definition) is 5. The molecule has 2 aromatic rings. The zero-order valence-corrected chi connectivity index (χ0v) is 14.5. The Kier molecular flexibility index (Phi) is 6.72. The molecule has 0 saturated heterocycles. The first-order chi connectivity index (χ1) is 11.6. The first kappa shape index (κ1) is 17.9. The predicted molar refractivity (Wildman–Crippen MR) is 91.6 cm³/mol. The van der Waals surface area contributed by atoms with E-state index in [1.165, 1.54) is 17.6 Å². The summed E-state index contributed by atoms with van der Waals surface area (Å²) in [6, 6.07) is 7.57. The number of nitrogens with zero attached hydrogens (tertiary/aromatic N) is 4. The van der Waals surface area contributed by atoms with Crippen molar-refractivity contribution in [3.05, 3.63) is 24.3 Å². The molecule has 1 atom stereocenters. The Bertz CT molecular complexity index is 656. The summed E-state index contributed by atoms with van der Waals surface area (Å²) < 4.78 is 5.18. The minimum absolute atomic E-state index is 0.0646. The van der Waals surface area contributed by atoms with Gasteiger partial charge in [0, 0.05) is 11.6 Å². The van der Waals surface area contributed by atoms with Crippen LogP contribution in [0, 0.1) is 0 Å². The molecule has 0 radical (unpaired) electrons. The average Bonchev–Trinajstić information content (AvgIpc) is 3.03. The predicted octanol–water partition coefficient (Wildman–Crippen LogP) is 2.43. The van der Waals surface area contributed by atoms with Gasteiger partial charge in [0.2, 0.25) is 11.7 Å². The van der Waals surface area contributed by atoms with E-state index < -0.39 is 0 Å². The van der Waals surface area contributed by atoms with Crippen molar-refractivity contribution in [2.45, 2.75) is 52.1 Å². The van der Waals surface area contributed by atoms with E-state index in [1.807, 2.05) is 31.2 Å². The van der Waals surface area contributed by atoms with Gasteiger partial charge in [0.15, 0.2) is 0 Å². The Labute approximate surface area is 142 Å². The van der Waals surface area contributed by atoms with Gasteiger partial charge in [0.1, 0.15) is 12.3 Å². The zero-order chi connectivity index (χ0) is 17.4. The molecule has 0 unspecified atom stereocenters. The molecule has 1 N–H and O–H groups in total. The normalized spacial score (nSPS) is 12.0. The van der Waals surface area contributed by atoms with Crippen molar-refractivity contribution in [3.8, 4) is 17.1 Å². The van der Waals surface area contributed by atoms with Crippen LogP contribution in [0.1, 0.15) is 39.5 Å². The van der Waals surface area contributed by atoms with Gasteiger partial charge in [-0.15, -0.1) is 10.2 Å². The monoisotopic (exact) mass is 331 g/mol. The molecule has 1 amide bonds. The van der Waals surface area contributed by atoms with E-state index in [2.05, 4.69) is 27.7 Å². The molecule has 0 aliphatic rings. The van der Waals surface area contributed by atoms with E-state index in [-0.39, 0.29) is 18.5 Å². The van der Waals surface area contributed by atoms with Crippen molar-refractivity contribution >= 4 is 5.91 Å². The van der Waals surface area contributed by atoms with Crippen LogP contribution in [0.5, 0.6) is 5.75 Å². The zero-order valence-electron chi connectivity index (χ0n) is 14.5. The third-order valence-corrected chi connectivity index (χ3v) is 3.71. The van der Waals surface area contributed by atoms with Gasteiger partial charge in [-0.05, 0) is 30.7 Å². The highest BCUT2D eigenvalue weighted by Gasteiger charge is 2.12. The molecule has 1 heterocycles. The van der Waals surface area contributed by atoms with Crippen molar-refractivity contribution in [2.75, 3.05) is 7.11 Å². The molecule has 24 heavy (non-hydrogen) atoms. The van der Waals surface area contributed by atoms with Crippen molar-refractivity contribution in [3.63, 3.8) is 0 Å². The topological polar surface area (TPSA) is 81.9 Å². The number of benzene rings is 1. The number of ether oxygens (including phenoxy) is 1. The number of hydrogen-bond donors (Lipinski definition) is 1. The Morgan fingerprint density at radius 3 is 2.96 bits per heavy atom. The number of amides is 1. The molecule has 1 aromatic heterocycles. The summed E-state index contributed by atoms with van der Waals surface area (Å²) >= 11 is 0. The average molecular weight is 331 g/mol. The van der Waals surface area contributed by atoms with Crippen LogP contribution < -0.4 is 10.1 Å². The first-order valence-corrected chi connectivity index (χ1v) is 8.34. The smallest absolute Gasteiger partial charge is 0.243 e. The number of carbonyl (C=O) groups excluding carboxylic acids is 1. The highest BCUT2D eigenvalue weighted by atomic mass is 16.5. The summed E-state index contributed by atoms with van der Waals surface area (Å²) in [5, 5.41) is 15.2.